The van der Waals surface area contributed by atoms with Crippen LogP contribution in [-0.4, -0.2) is 31.6 Å². The van der Waals surface area contributed by atoms with Gasteiger partial charge in [0.25, 0.3) is 5.91 Å². The second-order valence-electron chi connectivity index (χ2n) is 7.51. The highest BCUT2D eigenvalue weighted by Gasteiger charge is 2.41. The molecule has 1 amide bonds. The molecule has 3 aromatic heterocycles. The number of pyridine rings is 2. The number of nitrogens with zero attached hydrogens (tertiary/aromatic N) is 5. The van der Waals surface area contributed by atoms with E-state index in [4.69, 9.17) is 11.6 Å². The summed E-state index contributed by atoms with van der Waals surface area (Å²) in [6, 6.07) is 6.54. The number of amides is 1. The van der Waals surface area contributed by atoms with Crippen molar-refractivity contribution >= 4 is 40.1 Å². The van der Waals surface area contributed by atoms with Crippen molar-refractivity contribution in [2.45, 2.75) is 39.2 Å². The van der Waals surface area contributed by atoms with Gasteiger partial charge in [-0.25, -0.2) is 15.0 Å². The molecule has 3 aromatic rings. The van der Waals surface area contributed by atoms with Gasteiger partial charge in [-0.3, -0.25) is 19.5 Å². The lowest BCUT2D eigenvalue weighted by atomic mass is 10.00. The maximum Gasteiger partial charge on any atom is 0.280 e. The van der Waals surface area contributed by atoms with Gasteiger partial charge in [0.2, 0.25) is 0 Å². The molecule has 29 heavy (non-hydrogen) atoms. The molecule has 0 bridgehead atoms. The van der Waals surface area contributed by atoms with Gasteiger partial charge in [0.15, 0.2) is 11.3 Å². The van der Waals surface area contributed by atoms with Gasteiger partial charge in [-0.05, 0) is 36.6 Å². The predicted octanol–water partition coefficient (Wildman–Crippen LogP) is 4.17. The average molecular weight is 410 g/mol. The highest BCUT2D eigenvalue weighted by atomic mass is 35.5. The van der Waals surface area contributed by atoms with Gasteiger partial charge in [0.05, 0.1) is 11.7 Å². The Bertz CT molecular complexity index is 1100. The third-order valence-electron chi connectivity index (χ3n) is 4.95. The molecular formula is C21H20ClN5O2. The van der Waals surface area contributed by atoms with Crippen LogP contribution in [0.15, 0.2) is 36.7 Å². The predicted molar refractivity (Wildman–Crippen MR) is 110 cm³/mol. The van der Waals surface area contributed by atoms with Gasteiger partial charge >= 0.3 is 0 Å². The second kappa shape index (κ2) is 7.83. The summed E-state index contributed by atoms with van der Waals surface area (Å²) in [4.78, 5) is 44.5. The Hall–Kier alpha value is -2.93. The Labute approximate surface area is 173 Å². The third kappa shape index (κ3) is 3.82. The van der Waals surface area contributed by atoms with Gasteiger partial charge < -0.3 is 0 Å². The Balaban J connectivity index is 1.72. The summed E-state index contributed by atoms with van der Waals surface area (Å²) in [5.41, 5.74) is 1.20. The summed E-state index contributed by atoms with van der Waals surface area (Å²) in [6.07, 6.45) is 4.47. The van der Waals surface area contributed by atoms with Gasteiger partial charge in [-0.2, -0.15) is 0 Å². The number of fused-ring (bicyclic) bond motifs is 2. The highest BCUT2D eigenvalue weighted by molar-refractivity contribution is 6.29. The summed E-state index contributed by atoms with van der Waals surface area (Å²) in [6.45, 7) is 4.16. The molecule has 0 saturated heterocycles. The number of ketones is 1. The average Bonchev–Trinajstić information content (AvgIpc) is 2.98. The van der Waals surface area contributed by atoms with Crippen LogP contribution in [0.3, 0.4) is 0 Å². The zero-order valence-electron chi connectivity index (χ0n) is 16.2. The Morgan fingerprint density at radius 2 is 1.90 bits per heavy atom. The van der Waals surface area contributed by atoms with E-state index in [1.807, 2.05) is 12.1 Å². The second-order valence-corrected chi connectivity index (χ2v) is 7.89. The van der Waals surface area contributed by atoms with Crippen LogP contribution >= 0.6 is 11.6 Å². The van der Waals surface area contributed by atoms with E-state index in [0.717, 1.165) is 11.8 Å². The SMILES string of the molecule is CC(C)CCC(=O)CC1c2nccnc2C(=O)N1c1ccc2ccc(Cl)nc2n1. The van der Waals surface area contributed by atoms with E-state index in [2.05, 4.69) is 33.8 Å². The monoisotopic (exact) mass is 409 g/mol. The van der Waals surface area contributed by atoms with Crippen LogP contribution < -0.4 is 4.90 Å². The molecule has 1 atom stereocenters. The summed E-state index contributed by atoms with van der Waals surface area (Å²) in [7, 11) is 0. The van der Waals surface area contributed by atoms with Gasteiger partial charge in [-0.1, -0.05) is 25.4 Å². The van der Waals surface area contributed by atoms with Crippen LogP contribution in [0.1, 0.15) is 55.3 Å². The van der Waals surface area contributed by atoms with E-state index in [1.165, 1.54) is 17.3 Å². The molecule has 148 valence electrons. The molecule has 0 fully saturated rings. The van der Waals surface area contributed by atoms with Crippen molar-refractivity contribution in [2.75, 3.05) is 4.90 Å². The quantitative estimate of drug-likeness (QED) is 0.567. The molecule has 0 aliphatic carbocycles. The molecular weight excluding hydrogens is 390 g/mol. The number of aromatic nitrogens is 4. The lowest BCUT2D eigenvalue weighted by Crippen LogP contribution is -2.30. The van der Waals surface area contributed by atoms with Crippen molar-refractivity contribution in [3.8, 4) is 0 Å². The number of anilines is 1. The van der Waals surface area contributed by atoms with Crippen molar-refractivity contribution in [1.82, 2.24) is 19.9 Å². The van der Waals surface area contributed by atoms with Crippen molar-refractivity contribution in [3.63, 3.8) is 0 Å². The lowest BCUT2D eigenvalue weighted by Gasteiger charge is -2.23. The largest absolute Gasteiger partial charge is 0.300 e. The molecule has 8 heteroatoms. The van der Waals surface area contributed by atoms with Crippen LogP contribution in [0.5, 0.6) is 0 Å². The van der Waals surface area contributed by atoms with Gasteiger partial charge in [0.1, 0.15) is 16.8 Å². The molecule has 4 heterocycles. The van der Waals surface area contributed by atoms with Gasteiger partial charge in [-0.15, -0.1) is 0 Å². The fraction of sp³-hybridized carbons (Fsp3) is 0.333. The summed E-state index contributed by atoms with van der Waals surface area (Å²) < 4.78 is 0. The van der Waals surface area contributed by atoms with E-state index in [9.17, 15) is 9.59 Å². The smallest absolute Gasteiger partial charge is 0.280 e. The van der Waals surface area contributed by atoms with Crippen LogP contribution in [0, 0.1) is 5.92 Å². The van der Waals surface area contributed by atoms with E-state index in [-0.39, 0.29) is 23.8 Å². The molecule has 0 spiro atoms. The summed E-state index contributed by atoms with van der Waals surface area (Å²) in [5.74, 6) is 0.606. The van der Waals surface area contributed by atoms with Crippen LogP contribution in [0.2, 0.25) is 5.15 Å². The molecule has 4 rings (SSSR count). The van der Waals surface area contributed by atoms with Crippen molar-refractivity contribution in [2.24, 2.45) is 5.92 Å². The minimum atomic E-state index is -0.532. The van der Waals surface area contributed by atoms with Crippen LogP contribution in [-0.2, 0) is 4.79 Å². The Kier molecular flexibility index (Phi) is 5.24. The maximum atomic E-state index is 13.1. The number of Topliss-reactive ketones (excluding diaryl/α,β-unsaturated/α-hetero) is 1. The van der Waals surface area contributed by atoms with Crippen LogP contribution in [0.25, 0.3) is 11.0 Å². The van der Waals surface area contributed by atoms with E-state index >= 15 is 0 Å². The number of hydrogen-bond donors (Lipinski definition) is 0. The zero-order chi connectivity index (χ0) is 20.5. The molecule has 1 unspecified atom stereocenters. The molecule has 1 aliphatic heterocycles. The first-order valence-electron chi connectivity index (χ1n) is 9.53. The third-order valence-corrected chi connectivity index (χ3v) is 5.16. The normalized spacial score (nSPS) is 15.9. The van der Waals surface area contributed by atoms with E-state index in [0.29, 0.717) is 34.7 Å². The first-order chi connectivity index (χ1) is 13.9. The number of carbonyl (C=O) groups is 2. The maximum absolute atomic E-state index is 13.1. The minimum absolute atomic E-state index is 0.0851. The first-order valence-corrected chi connectivity index (χ1v) is 9.91. The Morgan fingerprint density at radius 1 is 1.14 bits per heavy atom. The molecule has 7 nitrogen and oxygen atoms in total. The fourth-order valence-corrected chi connectivity index (χ4v) is 3.60. The number of hydrogen-bond acceptors (Lipinski definition) is 6. The topological polar surface area (TPSA) is 88.9 Å². The van der Waals surface area contributed by atoms with Crippen molar-refractivity contribution in [1.29, 1.82) is 0 Å². The lowest BCUT2D eigenvalue weighted by molar-refractivity contribution is -0.119. The number of carbonyl (C=O) groups excluding carboxylic acids is 2. The molecule has 0 radical (unpaired) electrons. The molecule has 0 N–H and O–H groups in total. The van der Waals surface area contributed by atoms with E-state index < -0.39 is 6.04 Å². The summed E-state index contributed by atoms with van der Waals surface area (Å²) in [5, 5.41) is 1.13. The van der Waals surface area contributed by atoms with Crippen molar-refractivity contribution < 1.29 is 9.59 Å². The minimum Gasteiger partial charge on any atom is -0.300 e. The molecule has 0 saturated carbocycles. The zero-order valence-corrected chi connectivity index (χ0v) is 16.9. The summed E-state index contributed by atoms with van der Waals surface area (Å²) >= 11 is 5.99. The first kappa shape index (κ1) is 19.4. The Morgan fingerprint density at radius 3 is 2.69 bits per heavy atom. The van der Waals surface area contributed by atoms with E-state index in [1.54, 1.807) is 12.1 Å². The highest BCUT2D eigenvalue weighted by Crippen LogP contribution is 2.37. The standard InChI is InChI=1S/C21H20ClN5O2/c1-12(2)3-6-14(28)11-15-18-19(24-10-9-23-18)21(29)27(15)17-8-5-13-4-7-16(22)25-20(13)26-17/h4-5,7-10,12,15H,3,6,11H2,1-2H3. The number of rotatable bonds is 6. The fourth-order valence-electron chi connectivity index (χ4n) is 3.45. The molecule has 0 aromatic carbocycles. The molecule has 1 aliphatic rings. The number of halogens is 1. The van der Waals surface area contributed by atoms with Crippen LogP contribution in [0.4, 0.5) is 5.82 Å². The van der Waals surface area contributed by atoms with Gasteiger partial charge in [0, 0.05) is 30.6 Å². The van der Waals surface area contributed by atoms with Crippen molar-refractivity contribution in [3.05, 3.63) is 53.2 Å².